The van der Waals surface area contributed by atoms with Crippen LogP contribution in [0.15, 0.2) is 95.8 Å². The van der Waals surface area contributed by atoms with Gasteiger partial charge in [0.15, 0.2) is 0 Å². The standard InChI is InChI=1S/C28H17Cl2F2NO2/c29-24-12-19-13-27(17-7-10-22(11-8-17)35-21-4-2-1-3-5-21)33(28(34)23(19)15-25(24)30)16-18-6-9-20(31)14-26(18)32/h1-15H,16H2. The Hall–Kier alpha value is -3.67. The molecule has 0 bridgehead atoms. The van der Waals surface area contributed by atoms with Crippen LogP contribution in [0.3, 0.4) is 0 Å². The lowest BCUT2D eigenvalue weighted by atomic mass is 10.1. The molecule has 7 heteroatoms. The molecular weight excluding hydrogens is 491 g/mol. The zero-order valence-corrected chi connectivity index (χ0v) is 19.7. The Balaban J connectivity index is 1.63. The summed E-state index contributed by atoms with van der Waals surface area (Å²) in [6.07, 6.45) is 0. The van der Waals surface area contributed by atoms with Gasteiger partial charge in [-0.2, -0.15) is 0 Å². The lowest BCUT2D eigenvalue weighted by Crippen LogP contribution is -2.23. The fourth-order valence-electron chi connectivity index (χ4n) is 3.88. The highest BCUT2D eigenvalue weighted by molar-refractivity contribution is 6.42. The van der Waals surface area contributed by atoms with Crippen molar-refractivity contribution < 1.29 is 13.5 Å². The van der Waals surface area contributed by atoms with Crippen molar-refractivity contribution >= 4 is 34.0 Å². The van der Waals surface area contributed by atoms with E-state index < -0.39 is 11.6 Å². The third-order valence-corrected chi connectivity index (χ3v) is 6.35. The Kier molecular flexibility index (Phi) is 6.29. The van der Waals surface area contributed by atoms with Crippen molar-refractivity contribution in [3.05, 3.63) is 129 Å². The van der Waals surface area contributed by atoms with Gasteiger partial charge in [0, 0.05) is 17.0 Å². The normalized spacial score (nSPS) is 11.1. The van der Waals surface area contributed by atoms with Gasteiger partial charge in [-0.05, 0) is 71.6 Å². The molecule has 0 atom stereocenters. The molecule has 1 heterocycles. The molecule has 0 spiro atoms. The monoisotopic (exact) mass is 507 g/mol. The minimum atomic E-state index is -0.733. The molecule has 0 aliphatic heterocycles. The van der Waals surface area contributed by atoms with Crippen molar-refractivity contribution in [3.63, 3.8) is 0 Å². The molecule has 1 aromatic heterocycles. The van der Waals surface area contributed by atoms with Crippen LogP contribution in [-0.2, 0) is 6.54 Å². The molecule has 0 amide bonds. The van der Waals surface area contributed by atoms with Crippen molar-refractivity contribution in [2.75, 3.05) is 0 Å². The van der Waals surface area contributed by atoms with Crippen LogP contribution in [0.4, 0.5) is 8.78 Å². The van der Waals surface area contributed by atoms with Gasteiger partial charge in [0.2, 0.25) is 0 Å². The molecule has 0 unspecified atom stereocenters. The van der Waals surface area contributed by atoms with Crippen LogP contribution in [0, 0.1) is 11.6 Å². The van der Waals surface area contributed by atoms with E-state index >= 15 is 0 Å². The van der Waals surface area contributed by atoms with E-state index in [4.69, 9.17) is 27.9 Å². The van der Waals surface area contributed by atoms with Gasteiger partial charge in [0.1, 0.15) is 23.1 Å². The highest BCUT2D eigenvalue weighted by Gasteiger charge is 2.15. The van der Waals surface area contributed by atoms with Crippen LogP contribution in [0.5, 0.6) is 11.5 Å². The van der Waals surface area contributed by atoms with Crippen molar-refractivity contribution in [1.82, 2.24) is 4.57 Å². The smallest absolute Gasteiger partial charge is 0.259 e. The fourth-order valence-corrected chi connectivity index (χ4v) is 4.22. The number of hydrogen-bond donors (Lipinski definition) is 0. The average molecular weight is 508 g/mol. The summed E-state index contributed by atoms with van der Waals surface area (Å²) in [5.41, 5.74) is 1.05. The predicted octanol–water partition coefficient (Wildman–Crippen LogP) is 8.09. The molecule has 5 aromatic rings. The molecule has 0 fully saturated rings. The maximum atomic E-state index is 14.5. The molecule has 174 valence electrons. The second-order valence-corrected chi connectivity index (χ2v) is 8.76. The molecule has 0 aliphatic carbocycles. The first-order valence-electron chi connectivity index (χ1n) is 10.7. The van der Waals surface area contributed by atoms with Crippen LogP contribution in [0.2, 0.25) is 10.0 Å². The Morgan fingerprint density at radius 2 is 1.46 bits per heavy atom. The largest absolute Gasteiger partial charge is 0.457 e. The topological polar surface area (TPSA) is 31.2 Å². The van der Waals surface area contributed by atoms with Gasteiger partial charge < -0.3 is 9.30 Å². The highest BCUT2D eigenvalue weighted by Crippen LogP contribution is 2.31. The molecular formula is C28H17Cl2F2NO2. The summed E-state index contributed by atoms with van der Waals surface area (Å²) in [7, 11) is 0. The second kappa shape index (κ2) is 9.53. The van der Waals surface area contributed by atoms with Gasteiger partial charge in [-0.1, -0.05) is 47.5 Å². The third kappa shape index (κ3) is 4.78. The number of benzene rings is 4. The summed E-state index contributed by atoms with van der Waals surface area (Å²) in [4.78, 5) is 13.5. The number of rotatable bonds is 5. The maximum Gasteiger partial charge on any atom is 0.259 e. The van der Waals surface area contributed by atoms with E-state index in [0.717, 1.165) is 12.1 Å². The number of pyridine rings is 1. The van der Waals surface area contributed by atoms with Gasteiger partial charge in [-0.25, -0.2) is 8.78 Å². The van der Waals surface area contributed by atoms with E-state index in [1.165, 1.54) is 16.7 Å². The number of aromatic nitrogens is 1. The van der Waals surface area contributed by atoms with E-state index in [2.05, 4.69) is 0 Å². The Morgan fingerprint density at radius 1 is 0.771 bits per heavy atom. The van der Waals surface area contributed by atoms with Crippen LogP contribution in [0.25, 0.3) is 22.0 Å². The Morgan fingerprint density at radius 3 is 2.17 bits per heavy atom. The summed E-state index contributed by atoms with van der Waals surface area (Å²) in [5, 5.41) is 1.50. The number of hydrogen-bond acceptors (Lipinski definition) is 2. The van der Waals surface area contributed by atoms with Crippen molar-refractivity contribution in [3.8, 4) is 22.8 Å². The minimum absolute atomic E-state index is 0.0985. The van der Waals surface area contributed by atoms with Crippen LogP contribution < -0.4 is 10.3 Å². The first-order chi connectivity index (χ1) is 16.9. The molecule has 0 aliphatic rings. The summed E-state index contributed by atoms with van der Waals surface area (Å²) in [5.74, 6) is -0.105. The molecule has 0 N–H and O–H groups in total. The fraction of sp³-hybridized carbons (Fsp3) is 0.0357. The van der Waals surface area contributed by atoms with Crippen LogP contribution in [-0.4, -0.2) is 4.57 Å². The summed E-state index contributed by atoms with van der Waals surface area (Å²) in [6, 6.07) is 24.8. The van der Waals surface area contributed by atoms with Gasteiger partial charge in [0.05, 0.1) is 22.3 Å². The molecule has 0 saturated carbocycles. The average Bonchev–Trinajstić information content (AvgIpc) is 2.85. The van der Waals surface area contributed by atoms with E-state index in [1.807, 2.05) is 42.5 Å². The van der Waals surface area contributed by atoms with Crippen molar-refractivity contribution in [2.24, 2.45) is 0 Å². The quantitative estimate of drug-likeness (QED) is 0.240. The first kappa shape index (κ1) is 23.1. The van der Waals surface area contributed by atoms with Crippen molar-refractivity contribution in [1.29, 1.82) is 0 Å². The molecule has 35 heavy (non-hydrogen) atoms. The van der Waals surface area contributed by atoms with E-state index in [0.29, 0.717) is 38.6 Å². The third-order valence-electron chi connectivity index (χ3n) is 5.62. The SMILES string of the molecule is O=c1c2cc(Cl)c(Cl)cc2cc(-c2ccc(Oc3ccccc3)cc2)n1Cc1ccc(F)cc1F. The number of halogens is 4. The van der Waals surface area contributed by atoms with Crippen molar-refractivity contribution in [2.45, 2.75) is 6.54 Å². The highest BCUT2D eigenvalue weighted by atomic mass is 35.5. The van der Waals surface area contributed by atoms with Gasteiger partial charge in [0.25, 0.3) is 5.56 Å². The number of nitrogens with zero attached hydrogens (tertiary/aromatic N) is 1. The molecule has 3 nitrogen and oxygen atoms in total. The number of para-hydroxylation sites is 1. The summed E-state index contributed by atoms with van der Waals surface area (Å²) < 4.78 is 35.2. The van der Waals surface area contributed by atoms with Crippen LogP contribution >= 0.6 is 23.2 Å². The summed E-state index contributed by atoms with van der Waals surface area (Å²) >= 11 is 12.4. The molecule has 0 radical (unpaired) electrons. The second-order valence-electron chi connectivity index (χ2n) is 7.95. The molecule has 5 rings (SSSR count). The molecule has 4 aromatic carbocycles. The van der Waals surface area contributed by atoms with Gasteiger partial charge >= 0.3 is 0 Å². The van der Waals surface area contributed by atoms with Gasteiger partial charge in [-0.3, -0.25) is 4.79 Å². The first-order valence-corrected chi connectivity index (χ1v) is 11.4. The van der Waals surface area contributed by atoms with E-state index in [-0.39, 0.29) is 22.7 Å². The Labute approximate surface area is 209 Å². The predicted molar refractivity (Wildman–Crippen MR) is 136 cm³/mol. The number of ether oxygens (including phenoxy) is 1. The lowest BCUT2D eigenvalue weighted by molar-refractivity contribution is 0.483. The minimum Gasteiger partial charge on any atom is -0.457 e. The van der Waals surface area contributed by atoms with E-state index in [1.54, 1.807) is 24.3 Å². The van der Waals surface area contributed by atoms with E-state index in [9.17, 15) is 13.6 Å². The maximum absolute atomic E-state index is 14.5. The van der Waals surface area contributed by atoms with Crippen LogP contribution in [0.1, 0.15) is 5.56 Å². The zero-order chi connectivity index (χ0) is 24.5. The summed E-state index contributed by atoms with van der Waals surface area (Å²) in [6.45, 7) is -0.0985. The zero-order valence-electron chi connectivity index (χ0n) is 18.1. The van der Waals surface area contributed by atoms with Gasteiger partial charge in [-0.15, -0.1) is 0 Å². The number of fused-ring (bicyclic) bond motifs is 1. The Bertz CT molecular complexity index is 1600. The lowest BCUT2D eigenvalue weighted by Gasteiger charge is -2.16. The molecule has 0 saturated heterocycles.